The van der Waals surface area contributed by atoms with Gasteiger partial charge in [-0.2, -0.15) is 0 Å². The fourth-order valence-electron chi connectivity index (χ4n) is 1.65. The molecule has 80 valence electrons. The summed E-state index contributed by atoms with van der Waals surface area (Å²) >= 11 is 0. The molecular weight excluding hydrogens is 190 g/mol. The van der Waals surface area contributed by atoms with Crippen LogP contribution in [0.15, 0.2) is 24.4 Å². The summed E-state index contributed by atoms with van der Waals surface area (Å²) in [5.74, 6) is -0.146. The normalized spacial score (nSPS) is 17.9. The van der Waals surface area contributed by atoms with Gasteiger partial charge in [0.1, 0.15) is 5.69 Å². The predicted molar refractivity (Wildman–Crippen MR) is 57.3 cm³/mol. The second kappa shape index (κ2) is 3.98. The number of carbonyl (C=O) groups excluding carboxylic acids is 1. The lowest BCUT2D eigenvalue weighted by Crippen LogP contribution is -2.55. The zero-order valence-corrected chi connectivity index (χ0v) is 8.57. The van der Waals surface area contributed by atoms with E-state index in [4.69, 9.17) is 5.73 Å². The van der Waals surface area contributed by atoms with E-state index < -0.39 is 0 Å². The first kappa shape index (κ1) is 10.1. The Hall–Kier alpha value is -1.42. The van der Waals surface area contributed by atoms with Gasteiger partial charge in [0.25, 0.3) is 5.91 Å². The van der Waals surface area contributed by atoms with E-state index in [1.54, 1.807) is 24.4 Å². The fraction of sp³-hybridized carbons (Fsp3) is 0.455. The largest absolute Gasteiger partial charge is 0.349 e. The van der Waals surface area contributed by atoms with E-state index in [1.165, 1.54) is 0 Å². The van der Waals surface area contributed by atoms with Gasteiger partial charge in [0, 0.05) is 18.3 Å². The molecule has 1 amide bonds. The Balaban J connectivity index is 1.88. The van der Waals surface area contributed by atoms with Gasteiger partial charge in [-0.25, -0.2) is 0 Å². The van der Waals surface area contributed by atoms with E-state index in [0.717, 1.165) is 19.3 Å². The molecule has 2 rings (SSSR count). The molecule has 0 atom stereocenters. The first-order valence-corrected chi connectivity index (χ1v) is 5.18. The first-order chi connectivity index (χ1) is 7.20. The molecule has 1 fully saturated rings. The van der Waals surface area contributed by atoms with E-state index >= 15 is 0 Å². The molecule has 0 saturated heterocycles. The molecule has 0 spiro atoms. The Bertz CT molecular complexity index is 346. The summed E-state index contributed by atoms with van der Waals surface area (Å²) < 4.78 is 0. The summed E-state index contributed by atoms with van der Waals surface area (Å²) in [5, 5.41) is 2.81. The molecule has 4 nitrogen and oxygen atoms in total. The Kier molecular flexibility index (Phi) is 2.68. The number of rotatable bonds is 3. The van der Waals surface area contributed by atoms with Crippen LogP contribution < -0.4 is 11.1 Å². The molecule has 1 saturated carbocycles. The maximum atomic E-state index is 11.6. The van der Waals surface area contributed by atoms with Crippen LogP contribution in [0.1, 0.15) is 29.8 Å². The predicted octanol–water partition coefficient (Wildman–Crippen LogP) is 0.693. The lowest BCUT2D eigenvalue weighted by atomic mass is 9.78. The summed E-state index contributed by atoms with van der Waals surface area (Å²) in [6.07, 6.45) is 4.76. The molecule has 0 unspecified atom stereocenters. The van der Waals surface area contributed by atoms with Crippen LogP contribution in [0.3, 0.4) is 0 Å². The Labute approximate surface area is 88.9 Å². The number of amides is 1. The van der Waals surface area contributed by atoms with Crippen molar-refractivity contribution in [3.05, 3.63) is 30.1 Å². The highest BCUT2D eigenvalue weighted by atomic mass is 16.1. The topological polar surface area (TPSA) is 68.0 Å². The van der Waals surface area contributed by atoms with Crippen LogP contribution >= 0.6 is 0 Å². The number of hydrogen-bond donors (Lipinski definition) is 2. The highest BCUT2D eigenvalue weighted by molar-refractivity contribution is 5.92. The summed E-state index contributed by atoms with van der Waals surface area (Å²) in [5.41, 5.74) is 6.26. The number of nitrogens with one attached hydrogen (secondary N) is 1. The van der Waals surface area contributed by atoms with Gasteiger partial charge in [-0.1, -0.05) is 6.07 Å². The van der Waals surface area contributed by atoms with Crippen LogP contribution in [0, 0.1) is 0 Å². The minimum Gasteiger partial charge on any atom is -0.349 e. The summed E-state index contributed by atoms with van der Waals surface area (Å²) in [6.45, 7) is 0.544. The smallest absolute Gasteiger partial charge is 0.269 e. The number of pyridine rings is 1. The molecule has 0 aromatic carbocycles. The van der Waals surface area contributed by atoms with Crippen LogP contribution in [-0.4, -0.2) is 23.0 Å². The van der Waals surface area contributed by atoms with E-state index in [0.29, 0.717) is 12.2 Å². The highest BCUT2D eigenvalue weighted by Crippen LogP contribution is 2.27. The van der Waals surface area contributed by atoms with Gasteiger partial charge in [-0.15, -0.1) is 0 Å². The number of hydrogen-bond acceptors (Lipinski definition) is 3. The third-order valence-electron chi connectivity index (χ3n) is 2.85. The van der Waals surface area contributed by atoms with Gasteiger partial charge in [0.05, 0.1) is 0 Å². The zero-order valence-electron chi connectivity index (χ0n) is 8.57. The van der Waals surface area contributed by atoms with Crippen molar-refractivity contribution in [3.63, 3.8) is 0 Å². The van der Waals surface area contributed by atoms with E-state index in [9.17, 15) is 4.79 Å². The molecule has 1 aromatic rings. The lowest BCUT2D eigenvalue weighted by Gasteiger charge is -2.38. The molecule has 1 aliphatic rings. The number of aromatic nitrogens is 1. The SMILES string of the molecule is NC1(CNC(=O)c2ccccn2)CCC1. The minimum absolute atomic E-state index is 0.146. The minimum atomic E-state index is -0.176. The zero-order chi connectivity index (χ0) is 10.7. The highest BCUT2D eigenvalue weighted by Gasteiger charge is 2.32. The van der Waals surface area contributed by atoms with Gasteiger partial charge < -0.3 is 11.1 Å². The van der Waals surface area contributed by atoms with Gasteiger partial charge in [-0.3, -0.25) is 9.78 Å². The molecule has 0 bridgehead atoms. The number of carbonyl (C=O) groups is 1. The van der Waals surface area contributed by atoms with Crippen molar-refractivity contribution in [1.29, 1.82) is 0 Å². The molecule has 4 heteroatoms. The van der Waals surface area contributed by atoms with Gasteiger partial charge in [0.2, 0.25) is 0 Å². The number of nitrogens with zero attached hydrogens (tertiary/aromatic N) is 1. The third kappa shape index (κ3) is 2.33. The average molecular weight is 205 g/mol. The van der Waals surface area contributed by atoms with Crippen LogP contribution in [0.2, 0.25) is 0 Å². The standard InChI is InChI=1S/C11H15N3O/c12-11(5-3-6-11)8-14-10(15)9-4-1-2-7-13-9/h1-2,4,7H,3,5-6,8,12H2,(H,14,15). The van der Waals surface area contributed by atoms with Crippen molar-refractivity contribution in [2.24, 2.45) is 5.73 Å². The monoisotopic (exact) mass is 205 g/mol. The van der Waals surface area contributed by atoms with Gasteiger partial charge in [-0.05, 0) is 31.4 Å². The van der Waals surface area contributed by atoms with Gasteiger partial charge in [0.15, 0.2) is 0 Å². The van der Waals surface area contributed by atoms with Crippen molar-refractivity contribution in [2.45, 2.75) is 24.8 Å². The Morgan fingerprint density at radius 1 is 1.53 bits per heavy atom. The molecule has 0 radical (unpaired) electrons. The van der Waals surface area contributed by atoms with Crippen LogP contribution in [-0.2, 0) is 0 Å². The Morgan fingerprint density at radius 2 is 2.33 bits per heavy atom. The van der Waals surface area contributed by atoms with Crippen molar-refractivity contribution in [3.8, 4) is 0 Å². The summed E-state index contributed by atoms with van der Waals surface area (Å²) in [6, 6.07) is 5.27. The van der Waals surface area contributed by atoms with E-state index in [-0.39, 0.29) is 11.4 Å². The maximum absolute atomic E-state index is 11.6. The molecular formula is C11H15N3O. The Morgan fingerprint density at radius 3 is 2.87 bits per heavy atom. The van der Waals surface area contributed by atoms with E-state index in [1.807, 2.05) is 0 Å². The quantitative estimate of drug-likeness (QED) is 0.763. The second-order valence-electron chi connectivity index (χ2n) is 4.11. The van der Waals surface area contributed by atoms with Crippen LogP contribution in [0.25, 0.3) is 0 Å². The van der Waals surface area contributed by atoms with Crippen molar-refractivity contribution in [2.75, 3.05) is 6.54 Å². The van der Waals surface area contributed by atoms with Crippen molar-refractivity contribution < 1.29 is 4.79 Å². The van der Waals surface area contributed by atoms with Crippen molar-refractivity contribution in [1.82, 2.24) is 10.3 Å². The molecule has 3 N–H and O–H groups in total. The van der Waals surface area contributed by atoms with Gasteiger partial charge >= 0.3 is 0 Å². The lowest BCUT2D eigenvalue weighted by molar-refractivity contribution is 0.0925. The fourth-order valence-corrected chi connectivity index (χ4v) is 1.65. The molecule has 1 aromatic heterocycles. The molecule has 1 aliphatic carbocycles. The van der Waals surface area contributed by atoms with E-state index in [2.05, 4.69) is 10.3 Å². The molecule has 1 heterocycles. The third-order valence-corrected chi connectivity index (χ3v) is 2.85. The molecule has 15 heavy (non-hydrogen) atoms. The summed E-state index contributed by atoms with van der Waals surface area (Å²) in [7, 11) is 0. The summed E-state index contributed by atoms with van der Waals surface area (Å²) in [4.78, 5) is 15.6. The molecule has 0 aliphatic heterocycles. The number of nitrogens with two attached hydrogens (primary N) is 1. The maximum Gasteiger partial charge on any atom is 0.269 e. The van der Waals surface area contributed by atoms with Crippen LogP contribution in [0.5, 0.6) is 0 Å². The first-order valence-electron chi connectivity index (χ1n) is 5.18. The van der Waals surface area contributed by atoms with Crippen molar-refractivity contribution >= 4 is 5.91 Å². The second-order valence-corrected chi connectivity index (χ2v) is 4.11. The average Bonchev–Trinajstić information content (AvgIpc) is 2.24. The van der Waals surface area contributed by atoms with Crippen LogP contribution in [0.4, 0.5) is 0 Å².